The molecule has 0 heterocycles. The summed E-state index contributed by atoms with van der Waals surface area (Å²) in [6.45, 7) is 5.76. The van der Waals surface area contributed by atoms with Gasteiger partial charge in [-0.3, -0.25) is 4.79 Å². The van der Waals surface area contributed by atoms with Crippen molar-refractivity contribution < 1.29 is 9.53 Å². The summed E-state index contributed by atoms with van der Waals surface area (Å²) in [5.41, 5.74) is 0. The molecule has 6 heteroatoms. The number of carbonyl (C=O) groups is 1. The smallest absolute Gasteiger partial charge is 0.243 e. The first-order valence-electron chi connectivity index (χ1n) is 9.39. The van der Waals surface area contributed by atoms with Crippen molar-refractivity contribution in [3.05, 3.63) is 0 Å². The molecule has 0 spiro atoms. The minimum absolute atomic E-state index is 0.00467. The second-order valence-corrected chi connectivity index (χ2v) is 6.82. The van der Waals surface area contributed by atoms with Gasteiger partial charge < -0.3 is 20.3 Å². The van der Waals surface area contributed by atoms with Crippen molar-refractivity contribution >= 4 is 11.9 Å². The largest absolute Gasteiger partial charge is 0.376 e. The van der Waals surface area contributed by atoms with E-state index in [1.165, 1.54) is 38.5 Å². The Bertz CT molecular complexity index is 377. The number of nitrogens with zero attached hydrogens (tertiary/aromatic N) is 2. The van der Waals surface area contributed by atoms with Crippen molar-refractivity contribution in [1.29, 1.82) is 0 Å². The standard InChI is InChI=1S/C18H36N4O2/c1-5-15(2)21-18(20-14-17(23)22(3)4)19-12-13-24-16-10-8-6-7-9-11-16/h15-16H,5-14H2,1-4H3,(H2,19,20,21). The molecule has 1 rings (SSSR count). The Morgan fingerprint density at radius 3 is 2.50 bits per heavy atom. The molecule has 1 aliphatic rings. The van der Waals surface area contributed by atoms with Crippen LogP contribution in [-0.2, 0) is 9.53 Å². The van der Waals surface area contributed by atoms with Crippen molar-refractivity contribution in [2.75, 3.05) is 33.8 Å². The summed E-state index contributed by atoms with van der Waals surface area (Å²) in [7, 11) is 3.49. The maximum absolute atomic E-state index is 11.7. The molecule has 1 saturated carbocycles. The first-order valence-corrected chi connectivity index (χ1v) is 9.39. The number of likely N-dealkylation sites (N-methyl/N-ethyl adjacent to an activating group) is 1. The molecule has 0 saturated heterocycles. The first kappa shape index (κ1) is 20.7. The van der Waals surface area contributed by atoms with Gasteiger partial charge in [0.1, 0.15) is 6.54 Å². The lowest BCUT2D eigenvalue weighted by molar-refractivity contribution is -0.127. The Hall–Kier alpha value is -1.30. The van der Waals surface area contributed by atoms with E-state index in [9.17, 15) is 4.79 Å². The predicted molar refractivity (Wildman–Crippen MR) is 99.3 cm³/mol. The third-order valence-corrected chi connectivity index (χ3v) is 4.42. The molecule has 0 aromatic heterocycles. The van der Waals surface area contributed by atoms with E-state index < -0.39 is 0 Å². The molecule has 140 valence electrons. The van der Waals surface area contributed by atoms with Crippen LogP contribution in [0.25, 0.3) is 0 Å². The fourth-order valence-corrected chi connectivity index (χ4v) is 2.58. The molecule has 1 atom stereocenters. The molecule has 0 aromatic carbocycles. The average Bonchev–Trinajstić information content (AvgIpc) is 2.84. The van der Waals surface area contributed by atoms with E-state index in [0.717, 1.165) is 6.42 Å². The lowest BCUT2D eigenvalue weighted by atomic mass is 10.1. The highest BCUT2D eigenvalue weighted by molar-refractivity contribution is 5.84. The van der Waals surface area contributed by atoms with Gasteiger partial charge in [0.05, 0.1) is 12.7 Å². The molecule has 24 heavy (non-hydrogen) atoms. The minimum atomic E-state index is -0.00467. The van der Waals surface area contributed by atoms with Crippen molar-refractivity contribution in [3.8, 4) is 0 Å². The van der Waals surface area contributed by atoms with Crippen LogP contribution in [0.1, 0.15) is 58.8 Å². The number of aliphatic imine (C=N–C) groups is 1. The summed E-state index contributed by atoms with van der Waals surface area (Å²) < 4.78 is 5.99. The van der Waals surface area contributed by atoms with Gasteiger partial charge in [0.25, 0.3) is 0 Å². The fraction of sp³-hybridized carbons (Fsp3) is 0.889. The Morgan fingerprint density at radius 1 is 1.25 bits per heavy atom. The van der Waals surface area contributed by atoms with Crippen molar-refractivity contribution in [2.45, 2.75) is 70.9 Å². The minimum Gasteiger partial charge on any atom is -0.376 e. The Labute approximate surface area is 147 Å². The topological polar surface area (TPSA) is 66.0 Å². The highest BCUT2D eigenvalue weighted by Gasteiger charge is 2.12. The summed E-state index contributed by atoms with van der Waals surface area (Å²) in [6, 6.07) is 0.313. The van der Waals surface area contributed by atoms with Gasteiger partial charge in [-0.25, -0.2) is 4.99 Å². The Morgan fingerprint density at radius 2 is 1.92 bits per heavy atom. The van der Waals surface area contributed by atoms with Gasteiger partial charge >= 0.3 is 0 Å². The molecule has 0 aromatic rings. The number of nitrogens with one attached hydrogen (secondary N) is 2. The summed E-state index contributed by atoms with van der Waals surface area (Å²) in [6.07, 6.45) is 9.03. The molecule has 1 unspecified atom stereocenters. The predicted octanol–water partition coefficient (Wildman–Crippen LogP) is 2.15. The van der Waals surface area contributed by atoms with Crippen LogP contribution in [0.5, 0.6) is 0 Å². The van der Waals surface area contributed by atoms with Crippen LogP contribution in [0, 0.1) is 0 Å². The first-order chi connectivity index (χ1) is 11.5. The molecule has 0 aliphatic heterocycles. The van der Waals surface area contributed by atoms with Crippen LogP contribution in [0.3, 0.4) is 0 Å². The van der Waals surface area contributed by atoms with Crippen LogP contribution < -0.4 is 10.6 Å². The molecule has 1 amide bonds. The van der Waals surface area contributed by atoms with E-state index in [4.69, 9.17) is 4.74 Å². The van der Waals surface area contributed by atoms with Gasteiger partial charge in [0, 0.05) is 26.7 Å². The molecule has 1 fully saturated rings. The molecule has 6 nitrogen and oxygen atoms in total. The second kappa shape index (κ2) is 12.1. The van der Waals surface area contributed by atoms with Gasteiger partial charge in [-0.15, -0.1) is 0 Å². The lowest BCUT2D eigenvalue weighted by Gasteiger charge is -2.19. The maximum Gasteiger partial charge on any atom is 0.243 e. The summed E-state index contributed by atoms with van der Waals surface area (Å²) in [5.74, 6) is 0.680. The van der Waals surface area contributed by atoms with Crippen molar-refractivity contribution in [1.82, 2.24) is 15.5 Å². The SMILES string of the molecule is CCC(C)NC(=NCC(=O)N(C)C)NCCOC1CCCCCC1. The average molecular weight is 341 g/mol. The maximum atomic E-state index is 11.7. The van der Waals surface area contributed by atoms with E-state index in [-0.39, 0.29) is 12.5 Å². The zero-order chi connectivity index (χ0) is 17.8. The van der Waals surface area contributed by atoms with Crippen LogP contribution in [0.4, 0.5) is 0 Å². The highest BCUT2D eigenvalue weighted by Crippen LogP contribution is 2.19. The van der Waals surface area contributed by atoms with E-state index >= 15 is 0 Å². The number of carbonyl (C=O) groups excluding carboxylic acids is 1. The number of amides is 1. The number of rotatable bonds is 8. The number of ether oxygens (including phenoxy) is 1. The highest BCUT2D eigenvalue weighted by atomic mass is 16.5. The number of hydrogen-bond donors (Lipinski definition) is 2. The van der Waals surface area contributed by atoms with Gasteiger partial charge in [-0.05, 0) is 26.2 Å². The summed E-state index contributed by atoms with van der Waals surface area (Å²) in [4.78, 5) is 17.6. The van der Waals surface area contributed by atoms with Crippen LogP contribution in [-0.4, -0.2) is 62.7 Å². The Kier molecular flexibility index (Phi) is 10.5. The third kappa shape index (κ3) is 9.11. The normalized spacial score (nSPS) is 17.9. The van der Waals surface area contributed by atoms with E-state index in [0.29, 0.717) is 31.3 Å². The van der Waals surface area contributed by atoms with Crippen molar-refractivity contribution in [3.63, 3.8) is 0 Å². The van der Waals surface area contributed by atoms with Gasteiger partial charge in [0.15, 0.2) is 5.96 Å². The zero-order valence-electron chi connectivity index (χ0n) is 15.9. The zero-order valence-corrected chi connectivity index (χ0v) is 15.9. The molecule has 2 N–H and O–H groups in total. The molecule has 0 radical (unpaired) electrons. The van der Waals surface area contributed by atoms with E-state index in [1.54, 1.807) is 19.0 Å². The Balaban J connectivity index is 2.37. The monoisotopic (exact) mass is 340 g/mol. The van der Waals surface area contributed by atoms with E-state index in [2.05, 4.69) is 29.5 Å². The molecule has 0 bridgehead atoms. The van der Waals surface area contributed by atoms with E-state index in [1.807, 2.05) is 0 Å². The molecular formula is C18H36N4O2. The summed E-state index contributed by atoms with van der Waals surface area (Å²) in [5, 5.41) is 6.60. The number of hydrogen-bond acceptors (Lipinski definition) is 3. The van der Waals surface area contributed by atoms with Crippen LogP contribution in [0.15, 0.2) is 4.99 Å². The van der Waals surface area contributed by atoms with Gasteiger partial charge in [-0.2, -0.15) is 0 Å². The fourth-order valence-electron chi connectivity index (χ4n) is 2.58. The van der Waals surface area contributed by atoms with Crippen LogP contribution >= 0.6 is 0 Å². The van der Waals surface area contributed by atoms with Crippen LogP contribution in [0.2, 0.25) is 0 Å². The van der Waals surface area contributed by atoms with Gasteiger partial charge in [0.2, 0.25) is 5.91 Å². The lowest BCUT2D eigenvalue weighted by Crippen LogP contribution is -2.44. The summed E-state index contributed by atoms with van der Waals surface area (Å²) >= 11 is 0. The molecular weight excluding hydrogens is 304 g/mol. The number of guanidine groups is 1. The van der Waals surface area contributed by atoms with Crippen molar-refractivity contribution in [2.24, 2.45) is 4.99 Å². The molecule has 1 aliphatic carbocycles. The third-order valence-electron chi connectivity index (χ3n) is 4.42. The van der Waals surface area contributed by atoms with Gasteiger partial charge in [-0.1, -0.05) is 32.6 Å². The quantitative estimate of drug-likeness (QED) is 0.307. The second-order valence-electron chi connectivity index (χ2n) is 6.82.